The van der Waals surface area contributed by atoms with Crippen molar-refractivity contribution in [3.05, 3.63) is 35.1 Å². The third-order valence-corrected chi connectivity index (χ3v) is 3.00. The zero-order chi connectivity index (χ0) is 14.0. The maximum atomic E-state index is 5.94. The van der Waals surface area contributed by atoms with Gasteiger partial charge in [0.2, 0.25) is 11.2 Å². The third-order valence-electron chi connectivity index (χ3n) is 2.83. The minimum Gasteiger partial charge on any atom is -0.347 e. The average Bonchev–Trinajstić information content (AvgIpc) is 2.38. The molecular formula is C14H17ClN4. The van der Waals surface area contributed by atoms with Crippen LogP contribution in [0.15, 0.2) is 24.3 Å². The molecule has 0 saturated heterocycles. The molecule has 1 heterocycles. The first-order chi connectivity index (χ1) is 8.97. The predicted molar refractivity (Wildman–Crippen MR) is 78.7 cm³/mol. The lowest BCUT2D eigenvalue weighted by molar-refractivity contribution is 0.866. The molecule has 0 saturated carbocycles. The largest absolute Gasteiger partial charge is 0.347 e. The van der Waals surface area contributed by atoms with Crippen molar-refractivity contribution in [2.24, 2.45) is 0 Å². The molecule has 5 heteroatoms. The second kappa shape index (κ2) is 5.53. The van der Waals surface area contributed by atoms with E-state index < -0.39 is 0 Å². The first-order valence-electron chi connectivity index (χ1n) is 6.16. The highest BCUT2D eigenvalue weighted by Gasteiger charge is 2.09. The molecule has 1 aromatic heterocycles. The van der Waals surface area contributed by atoms with Crippen molar-refractivity contribution >= 4 is 17.5 Å². The summed E-state index contributed by atoms with van der Waals surface area (Å²) >= 11 is 5.94. The van der Waals surface area contributed by atoms with Gasteiger partial charge in [-0.05, 0) is 23.1 Å². The molecule has 0 radical (unpaired) electrons. The summed E-state index contributed by atoms with van der Waals surface area (Å²) in [6.07, 6.45) is 0. The SMILES string of the molecule is CC(C)c1ccc(-c2nc(Cl)nc(N(C)C)n2)cc1. The number of hydrogen-bond acceptors (Lipinski definition) is 4. The van der Waals surface area contributed by atoms with E-state index in [1.165, 1.54) is 5.56 Å². The first-order valence-corrected chi connectivity index (χ1v) is 6.54. The zero-order valence-corrected chi connectivity index (χ0v) is 12.3. The van der Waals surface area contributed by atoms with Crippen LogP contribution in [-0.4, -0.2) is 29.0 Å². The fourth-order valence-electron chi connectivity index (χ4n) is 1.69. The van der Waals surface area contributed by atoms with Crippen LogP contribution in [0.2, 0.25) is 5.28 Å². The molecule has 0 aliphatic heterocycles. The molecule has 0 atom stereocenters. The lowest BCUT2D eigenvalue weighted by atomic mass is 10.0. The molecule has 0 fully saturated rings. The standard InChI is InChI=1S/C14H17ClN4/c1-9(2)10-5-7-11(8-6-10)12-16-13(15)18-14(17-12)19(3)4/h5-9H,1-4H3. The number of anilines is 1. The van der Waals surface area contributed by atoms with Crippen molar-refractivity contribution in [1.29, 1.82) is 0 Å². The second-order valence-electron chi connectivity index (χ2n) is 4.90. The van der Waals surface area contributed by atoms with Crippen molar-refractivity contribution in [3.63, 3.8) is 0 Å². The van der Waals surface area contributed by atoms with Crippen LogP contribution in [0.5, 0.6) is 0 Å². The van der Waals surface area contributed by atoms with Crippen LogP contribution in [0.3, 0.4) is 0 Å². The van der Waals surface area contributed by atoms with Gasteiger partial charge in [-0.15, -0.1) is 0 Å². The molecule has 2 aromatic rings. The number of hydrogen-bond donors (Lipinski definition) is 0. The third kappa shape index (κ3) is 3.20. The van der Waals surface area contributed by atoms with Crippen LogP contribution in [0.1, 0.15) is 25.3 Å². The van der Waals surface area contributed by atoms with E-state index in [4.69, 9.17) is 11.6 Å². The van der Waals surface area contributed by atoms with E-state index in [1.54, 1.807) is 4.90 Å². The Morgan fingerprint density at radius 3 is 2.16 bits per heavy atom. The molecule has 0 N–H and O–H groups in total. The number of nitrogens with zero attached hydrogens (tertiary/aromatic N) is 4. The Hall–Kier alpha value is -1.68. The van der Waals surface area contributed by atoms with Crippen molar-refractivity contribution in [3.8, 4) is 11.4 Å². The van der Waals surface area contributed by atoms with Crippen molar-refractivity contribution in [2.45, 2.75) is 19.8 Å². The number of aromatic nitrogens is 3. The van der Waals surface area contributed by atoms with Crippen molar-refractivity contribution < 1.29 is 0 Å². The molecule has 0 spiro atoms. The summed E-state index contributed by atoms with van der Waals surface area (Å²) < 4.78 is 0. The monoisotopic (exact) mass is 276 g/mol. The van der Waals surface area contributed by atoms with E-state index in [1.807, 2.05) is 26.2 Å². The van der Waals surface area contributed by atoms with E-state index >= 15 is 0 Å². The van der Waals surface area contributed by atoms with Gasteiger partial charge in [0.05, 0.1) is 0 Å². The minimum absolute atomic E-state index is 0.210. The fraction of sp³-hybridized carbons (Fsp3) is 0.357. The van der Waals surface area contributed by atoms with Crippen LogP contribution in [0, 0.1) is 0 Å². The Kier molecular flexibility index (Phi) is 4.00. The van der Waals surface area contributed by atoms with Gasteiger partial charge in [0.1, 0.15) is 0 Å². The lowest BCUT2D eigenvalue weighted by Crippen LogP contribution is -2.13. The predicted octanol–water partition coefficient (Wildman–Crippen LogP) is 3.38. The Balaban J connectivity index is 2.41. The summed E-state index contributed by atoms with van der Waals surface area (Å²) in [4.78, 5) is 14.5. The normalized spacial score (nSPS) is 10.8. The number of benzene rings is 1. The van der Waals surface area contributed by atoms with E-state index in [0.29, 0.717) is 17.7 Å². The molecular weight excluding hydrogens is 260 g/mol. The minimum atomic E-state index is 0.210. The summed E-state index contributed by atoms with van der Waals surface area (Å²) in [5.74, 6) is 1.66. The molecule has 0 unspecified atom stereocenters. The van der Waals surface area contributed by atoms with Gasteiger partial charge >= 0.3 is 0 Å². The van der Waals surface area contributed by atoms with Gasteiger partial charge in [0, 0.05) is 19.7 Å². The Morgan fingerprint density at radius 1 is 1.00 bits per heavy atom. The van der Waals surface area contributed by atoms with Gasteiger partial charge in [-0.3, -0.25) is 0 Å². The summed E-state index contributed by atoms with van der Waals surface area (Å²) in [7, 11) is 3.74. The summed E-state index contributed by atoms with van der Waals surface area (Å²) in [5, 5.41) is 0.210. The summed E-state index contributed by atoms with van der Waals surface area (Å²) in [6, 6.07) is 8.21. The summed E-state index contributed by atoms with van der Waals surface area (Å²) in [6.45, 7) is 4.33. The van der Waals surface area contributed by atoms with E-state index in [9.17, 15) is 0 Å². The Morgan fingerprint density at radius 2 is 1.63 bits per heavy atom. The number of rotatable bonds is 3. The maximum Gasteiger partial charge on any atom is 0.229 e. The molecule has 19 heavy (non-hydrogen) atoms. The Labute approximate surface area is 118 Å². The molecule has 4 nitrogen and oxygen atoms in total. The van der Waals surface area contributed by atoms with Crippen molar-refractivity contribution in [2.75, 3.05) is 19.0 Å². The molecule has 1 aromatic carbocycles. The van der Waals surface area contributed by atoms with E-state index in [-0.39, 0.29) is 5.28 Å². The summed E-state index contributed by atoms with van der Waals surface area (Å²) in [5.41, 5.74) is 2.23. The highest BCUT2D eigenvalue weighted by atomic mass is 35.5. The topological polar surface area (TPSA) is 41.9 Å². The number of halogens is 1. The van der Waals surface area contributed by atoms with Gasteiger partial charge < -0.3 is 4.90 Å². The van der Waals surface area contributed by atoms with Gasteiger partial charge in [-0.25, -0.2) is 0 Å². The van der Waals surface area contributed by atoms with Crippen LogP contribution < -0.4 is 4.90 Å². The van der Waals surface area contributed by atoms with Crippen LogP contribution in [-0.2, 0) is 0 Å². The average molecular weight is 277 g/mol. The molecule has 100 valence electrons. The fourth-order valence-corrected chi connectivity index (χ4v) is 1.84. The zero-order valence-electron chi connectivity index (χ0n) is 11.6. The highest BCUT2D eigenvalue weighted by molar-refractivity contribution is 6.28. The van der Waals surface area contributed by atoms with Gasteiger partial charge in [-0.2, -0.15) is 15.0 Å². The van der Waals surface area contributed by atoms with Crippen LogP contribution >= 0.6 is 11.6 Å². The van der Waals surface area contributed by atoms with Crippen molar-refractivity contribution in [1.82, 2.24) is 15.0 Å². The molecule has 0 aliphatic carbocycles. The molecule has 0 bridgehead atoms. The van der Waals surface area contributed by atoms with Gasteiger partial charge in [0.15, 0.2) is 5.82 Å². The first kappa shape index (κ1) is 13.7. The van der Waals surface area contributed by atoms with E-state index in [0.717, 1.165) is 5.56 Å². The quantitative estimate of drug-likeness (QED) is 0.862. The Bertz CT molecular complexity index is 564. The maximum absolute atomic E-state index is 5.94. The lowest BCUT2D eigenvalue weighted by Gasteiger charge is -2.11. The molecule has 0 amide bonds. The van der Waals surface area contributed by atoms with Crippen LogP contribution in [0.4, 0.5) is 5.95 Å². The second-order valence-corrected chi connectivity index (χ2v) is 5.24. The van der Waals surface area contributed by atoms with E-state index in [2.05, 4.69) is 40.9 Å². The molecule has 0 aliphatic rings. The van der Waals surface area contributed by atoms with Gasteiger partial charge in [0.25, 0.3) is 0 Å². The molecule has 2 rings (SSSR count). The van der Waals surface area contributed by atoms with Crippen LogP contribution in [0.25, 0.3) is 11.4 Å². The van der Waals surface area contributed by atoms with Gasteiger partial charge in [-0.1, -0.05) is 38.1 Å². The smallest absolute Gasteiger partial charge is 0.229 e. The highest BCUT2D eigenvalue weighted by Crippen LogP contribution is 2.22.